The quantitative estimate of drug-likeness (QED) is 0.615. The van der Waals surface area contributed by atoms with Crippen molar-refractivity contribution in [3.05, 3.63) is 29.8 Å². The third-order valence-electron chi connectivity index (χ3n) is 2.36. The maximum absolute atomic E-state index is 12.2. The van der Waals surface area contributed by atoms with E-state index >= 15 is 0 Å². The van der Waals surface area contributed by atoms with Gasteiger partial charge < -0.3 is 10.1 Å². The van der Waals surface area contributed by atoms with Crippen LogP contribution < -0.4 is 5.32 Å². The first-order chi connectivity index (χ1) is 10.5. The molecule has 0 aliphatic carbocycles. The molecule has 0 aliphatic rings. The Morgan fingerprint density at radius 2 is 1.74 bits per heavy atom. The van der Waals surface area contributed by atoms with Crippen molar-refractivity contribution in [1.29, 1.82) is 0 Å². The van der Waals surface area contributed by atoms with Gasteiger partial charge >= 0.3 is 11.7 Å². The van der Waals surface area contributed by atoms with Crippen molar-refractivity contribution in [2.24, 2.45) is 0 Å². The molecule has 1 N–H and O–H groups in total. The van der Waals surface area contributed by atoms with Crippen molar-refractivity contribution < 1.29 is 35.9 Å². The van der Waals surface area contributed by atoms with E-state index in [4.69, 9.17) is 0 Å². The summed E-state index contributed by atoms with van der Waals surface area (Å²) < 4.78 is 76.6. The summed E-state index contributed by atoms with van der Waals surface area (Å²) in [5.74, 6) is -0.614. The Morgan fingerprint density at radius 3 is 2.22 bits per heavy atom. The van der Waals surface area contributed by atoms with Crippen molar-refractivity contribution in [3.63, 3.8) is 0 Å². The van der Waals surface area contributed by atoms with Crippen LogP contribution in [-0.2, 0) is 4.74 Å². The second-order valence-electron chi connectivity index (χ2n) is 4.58. The summed E-state index contributed by atoms with van der Waals surface area (Å²) in [4.78, 5) is 11.7. The number of carbonyl (C=O) groups is 1. The van der Waals surface area contributed by atoms with Crippen LogP contribution in [0.25, 0.3) is 0 Å². The Balaban J connectivity index is 2.48. The Hall–Kier alpha value is -1.42. The van der Waals surface area contributed by atoms with Gasteiger partial charge in [0, 0.05) is 16.5 Å². The SMILES string of the molecule is CC(COCC(F)(F)F)NC(=O)c1ccc(SC(F)(F)F)cc1. The lowest BCUT2D eigenvalue weighted by atomic mass is 10.2. The minimum absolute atomic E-state index is 0.0735. The molecule has 0 saturated heterocycles. The molecule has 0 spiro atoms. The molecule has 0 aliphatic heterocycles. The predicted octanol–water partition coefficient (Wildman–Crippen LogP) is 4.00. The Bertz CT molecular complexity index is 515. The summed E-state index contributed by atoms with van der Waals surface area (Å²) in [6.07, 6.45) is -4.45. The van der Waals surface area contributed by atoms with Crippen LogP contribution in [0.2, 0.25) is 0 Å². The molecular formula is C13H13F6NO2S. The average Bonchev–Trinajstić information content (AvgIpc) is 2.35. The van der Waals surface area contributed by atoms with Crippen molar-refractivity contribution >= 4 is 17.7 Å². The number of thioether (sulfide) groups is 1. The second-order valence-corrected chi connectivity index (χ2v) is 5.72. The van der Waals surface area contributed by atoms with Crippen LogP contribution in [0.1, 0.15) is 17.3 Å². The minimum Gasteiger partial charge on any atom is -0.370 e. The Kier molecular flexibility index (Phi) is 6.75. The molecule has 0 fully saturated rings. The van der Waals surface area contributed by atoms with Crippen molar-refractivity contribution in [3.8, 4) is 0 Å². The molecule has 1 aromatic carbocycles. The normalized spacial score (nSPS) is 13.7. The van der Waals surface area contributed by atoms with E-state index in [1.807, 2.05) is 0 Å². The number of hydrogen-bond acceptors (Lipinski definition) is 3. The molecule has 1 amide bonds. The van der Waals surface area contributed by atoms with E-state index < -0.39 is 30.2 Å². The summed E-state index contributed by atoms with van der Waals surface area (Å²) in [7, 11) is 0. The number of halogens is 6. The van der Waals surface area contributed by atoms with Gasteiger partial charge in [0.1, 0.15) is 6.61 Å². The van der Waals surface area contributed by atoms with E-state index in [0.29, 0.717) is 0 Å². The highest BCUT2D eigenvalue weighted by molar-refractivity contribution is 8.00. The van der Waals surface area contributed by atoms with E-state index in [0.717, 1.165) is 12.1 Å². The monoisotopic (exact) mass is 361 g/mol. The van der Waals surface area contributed by atoms with Gasteiger partial charge in [-0.05, 0) is 43.0 Å². The molecule has 1 unspecified atom stereocenters. The molecule has 1 atom stereocenters. The first-order valence-electron chi connectivity index (χ1n) is 6.27. The highest BCUT2D eigenvalue weighted by atomic mass is 32.2. The molecule has 3 nitrogen and oxygen atoms in total. The molecule has 1 rings (SSSR count). The molecule has 1 aromatic rings. The smallest absolute Gasteiger partial charge is 0.370 e. The van der Waals surface area contributed by atoms with Crippen LogP contribution in [0.15, 0.2) is 29.2 Å². The highest BCUT2D eigenvalue weighted by Crippen LogP contribution is 2.36. The molecule has 0 aromatic heterocycles. The van der Waals surface area contributed by atoms with Crippen LogP contribution in [0.5, 0.6) is 0 Å². The molecule has 0 bridgehead atoms. The van der Waals surface area contributed by atoms with Crippen molar-refractivity contribution in [2.75, 3.05) is 13.2 Å². The molecule has 0 heterocycles. The van der Waals surface area contributed by atoms with E-state index in [-0.39, 0.29) is 28.8 Å². The van der Waals surface area contributed by atoms with Gasteiger partial charge in [0.15, 0.2) is 0 Å². The van der Waals surface area contributed by atoms with Crippen LogP contribution in [0.3, 0.4) is 0 Å². The van der Waals surface area contributed by atoms with Crippen molar-refractivity contribution in [2.45, 2.75) is 29.5 Å². The van der Waals surface area contributed by atoms with Gasteiger partial charge in [-0.25, -0.2) is 0 Å². The molecule has 10 heteroatoms. The van der Waals surface area contributed by atoms with Gasteiger partial charge in [-0.3, -0.25) is 4.79 Å². The summed E-state index contributed by atoms with van der Waals surface area (Å²) in [6.45, 7) is -0.314. The maximum atomic E-state index is 12.2. The molecule has 0 radical (unpaired) electrons. The number of nitrogens with one attached hydrogen (secondary N) is 1. The molecular weight excluding hydrogens is 348 g/mol. The third-order valence-corrected chi connectivity index (χ3v) is 3.10. The fourth-order valence-electron chi connectivity index (χ4n) is 1.51. The number of carbonyl (C=O) groups excluding carboxylic acids is 1. The van der Waals surface area contributed by atoms with E-state index in [1.54, 1.807) is 0 Å². The zero-order chi connectivity index (χ0) is 17.7. The number of ether oxygens (including phenoxy) is 1. The number of alkyl halides is 6. The molecule has 0 saturated carbocycles. The fraction of sp³-hybridized carbons (Fsp3) is 0.462. The van der Waals surface area contributed by atoms with Gasteiger partial charge in [0.05, 0.1) is 6.61 Å². The fourth-order valence-corrected chi connectivity index (χ4v) is 2.05. The maximum Gasteiger partial charge on any atom is 0.446 e. The predicted molar refractivity (Wildman–Crippen MR) is 72.2 cm³/mol. The van der Waals surface area contributed by atoms with Crippen molar-refractivity contribution in [1.82, 2.24) is 5.32 Å². The van der Waals surface area contributed by atoms with E-state index in [9.17, 15) is 31.1 Å². The number of hydrogen-bond donors (Lipinski definition) is 1. The van der Waals surface area contributed by atoms with E-state index in [1.165, 1.54) is 19.1 Å². The van der Waals surface area contributed by atoms with Gasteiger partial charge in [0.25, 0.3) is 5.91 Å². The topological polar surface area (TPSA) is 38.3 Å². The molecule has 130 valence electrons. The summed E-state index contributed by atoms with van der Waals surface area (Å²) >= 11 is -0.310. The number of rotatable bonds is 6. The standard InChI is InChI=1S/C13H13F6NO2S/c1-8(6-22-7-12(14,15)16)20-11(21)9-2-4-10(5-3-9)23-13(17,18)19/h2-5,8H,6-7H2,1H3,(H,20,21). The van der Waals surface area contributed by atoms with Crippen LogP contribution in [-0.4, -0.2) is 36.8 Å². The summed E-state index contributed by atoms with van der Waals surface area (Å²) in [6, 6.07) is 3.99. The van der Waals surface area contributed by atoms with Crippen LogP contribution >= 0.6 is 11.8 Å². The van der Waals surface area contributed by atoms with Crippen LogP contribution in [0.4, 0.5) is 26.3 Å². The Morgan fingerprint density at radius 1 is 1.17 bits per heavy atom. The summed E-state index contributed by atoms with van der Waals surface area (Å²) in [5.41, 5.74) is -4.33. The van der Waals surface area contributed by atoms with Gasteiger partial charge in [-0.15, -0.1) is 0 Å². The lowest BCUT2D eigenvalue weighted by molar-refractivity contribution is -0.174. The van der Waals surface area contributed by atoms with E-state index in [2.05, 4.69) is 10.1 Å². The van der Waals surface area contributed by atoms with Gasteiger partial charge in [0.2, 0.25) is 0 Å². The summed E-state index contributed by atoms with van der Waals surface area (Å²) in [5, 5.41) is 2.39. The molecule has 23 heavy (non-hydrogen) atoms. The Labute approximate surface area is 132 Å². The first kappa shape index (κ1) is 19.6. The van der Waals surface area contributed by atoms with Gasteiger partial charge in [-0.2, -0.15) is 26.3 Å². The zero-order valence-corrected chi connectivity index (χ0v) is 12.6. The lowest BCUT2D eigenvalue weighted by Crippen LogP contribution is -2.36. The number of benzene rings is 1. The second kappa shape index (κ2) is 7.91. The third kappa shape index (κ3) is 8.70. The highest BCUT2D eigenvalue weighted by Gasteiger charge is 2.29. The average molecular weight is 361 g/mol. The zero-order valence-electron chi connectivity index (χ0n) is 11.8. The van der Waals surface area contributed by atoms with Gasteiger partial charge in [-0.1, -0.05) is 0 Å². The first-order valence-corrected chi connectivity index (χ1v) is 7.09. The lowest BCUT2D eigenvalue weighted by Gasteiger charge is -2.15. The largest absolute Gasteiger partial charge is 0.446 e. The minimum atomic E-state index is -4.45. The van der Waals surface area contributed by atoms with Crippen LogP contribution in [0, 0.1) is 0 Å². The number of amides is 1.